The zero-order valence-corrected chi connectivity index (χ0v) is 14.1. The average Bonchev–Trinajstić information content (AvgIpc) is 2.97. The first-order valence-corrected chi connectivity index (χ1v) is 8.83. The Balaban J connectivity index is 1.46. The second kappa shape index (κ2) is 6.26. The van der Waals surface area contributed by atoms with Gasteiger partial charge in [0.05, 0.1) is 10.2 Å². The molecule has 3 aromatic rings. The molecule has 0 aliphatic carbocycles. The van der Waals surface area contributed by atoms with Crippen LogP contribution in [0.4, 0.5) is 5.82 Å². The highest BCUT2D eigenvalue weighted by Gasteiger charge is 2.20. The van der Waals surface area contributed by atoms with Gasteiger partial charge in [0.1, 0.15) is 12.1 Å². The number of aromatic nitrogens is 2. The number of hydrogen-bond donors (Lipinski definition) is 0. The van der Waals surface area contributed by atoms with Crippen LogP contribution in [-0.4, -0.2) is 41.0 Å². The molecule has 1 aliphatic heterocycles. The van der Waals surface area contributed by atoms with Crippen molar-refractivity contribution in [1.82, 2.24) is 14.9 Å². The Morgan fingerprint density at radius 3 is 2.61 bits per heavy atom. The highest BCUT2D eigenvalue weighted by molar-refractivity contribution is 7.19. The molecular weight excluding hydrogens is 304 g/mol. The van der Waals surface area contributed by atoms with Gasteiger partial charge in [-0.1, -0.05) is 30.3 Å². The van der Waals surface area contributed by atoms with Crippen LogP contribution in [0.5, 0.6) is 0 Å². The van der Waals surface area contributed by atoms with Crippen LogP contribution in [0.1, 0.15) is 10.4 Å². The van der Waals surface area contributed by atoms with E-state index in [2.05, 4.69) is 63.1 Å². The van der Waals surface area contributed by atoms with Crippen LogP contribution < -0.4 is 4.90 Å². The van der Waals surface area contributed by atoms with Gasteiger partial charge < -0.3 is 4.90 Å². The maximum Gasteiger partial charge on any atom is 0.150 e. The monoisotopic (exact) mass is 324 g/mol. The van der Waals surface area contributed by atoms with Gasteiger partial charge >= 0.3 is 0 Å². The molecule has 0 unspecified atom stereocenters. The number of thiophene rings is 1. The lowest BCUT2D eigenvalue weighted by Crippen LogP contribution is -2.46. The number of fused-ring (bicyclic) bond motifs is 1. The molecule has 0 radical (unpaired) electrons. The second-order valence-corrected chi connectivity index (χ2v) is 7.27. The fourth-order valence-electron chi connectivity index (χ4n) is 3.15. The van der Waals surface area contributed by atoms with E-state index in [1.54, 1.807) is 17.7 Å². The first-order valence-electron chi connectivity index (χ1n) is 8.02. The normalized spacial score (nSPS) is 16.1. The molecule has 1 saturated heterocycles. The molecule has 5 heteroatoms. The molecule has 0 saturated carbocycles. The van der Waals surface area contributed by atoms with Crippen LogP contribution in [-0.2, 0) is 6.54 Å². The summed E-state index contributed by atoms with van der Waals surface area (Å²) in [5.74, 6) is 1.10. The molecule has 23 heavy (non-hydrogen) atoms. The highest BCUT2D eigenvalue weighted by atomic mass is 32.1. The van der Waals surface area contributed by atoms with Crippen molar-refractivity contribution in [2.24, 2.45) is 0 Å². The molecular formula is C18H20N4S. The zero-order chi connectivity index (χ0) is 15.6. The number of aryl methyl sites for hydroxylation is 1. The Morgan fingerprint density at radius 1 is 1.04 bits per heavy atom. The number of piperazine rings is 1. The van der Waals surface area contributed by atoms with E-state index in [1.807, 2.05) is 0 Å². The van der Waals surface area contributed by atoms with Gasteiger partial charge in [-0.2, -0.15) is 0 Å². The Morgan fingerprint density at radius 2 is 1.83 bits per heavy atom. The summed E-state index contributed by atoms with van der Waals surface area (Å²) in [5.41, 5.74) is 2.46. The summed E-state index contributed by atoms with van der Waals surface area (Å²) in [6.07, 6.45) is 1.69. The van der Waals surface area contributed by atoms with Crippen LogP contribution in [0.15, 0.2) is 42.7 Å². The Bertz CT molecular complexity index is 791. The van der Waals surface area contributed by atoms with Crippen LogP contribution in [0.25, 0.3) is 10.2 Å². The maximum absolute atomic E-state index is 4.56. The quantitative estimate of drug-likeness (QED) is 0.740. The fourth-order valence-corrected chi connectivity index (χ4v) is 4.13. The second-order valence-electron chi connectivity index (χ2n) is 6.02. The molecule has 1 fully saturated rings. The predicted molar refractivity (Wildman–Crippen MR) is 96.1 cm³/mol. The lowest BCUT2D eigenvalue weighted by Gasteiger charge is -2.35. The summed E-state index contributed by atoms with van der Waals surface area (Å²) in [5, 5.41) is 0. The predicted octanol–water partition coefficient (Wildman–Crippen LogP) is 3.32. The van der Waals surface area contributed by atoms with E-state index in [-0.39, 0.29) is 0 Å². The summed E-state index contributed by atoms with van der Waals surface area (Å²) < 4.78 is 1.22. The Hall–Kier alpha value is -1.98. The van der Waals surface area contributed by atoms with E-state index >= 15 is 0 Å². The lowest BCUT2D eigenvalue weighted by molar-refractivity contribution is 0.249. The molecule has 0 amide bonds. The first kappa shape index (κ1) is 14.6. The number of hydrogen-bond acceptors (Lipinski definition) is 5. The minimum absolute atomic E-state index is 1.02. The number of benzene rings is 1. The average molecular weight is 324 g/mol. The highest BCUT2D eigenvalue weighted by Crippen LogP contribution is 2.31. The lowest BCUT2D eigenvalue weighted by atomic mass is 10.2. The number of nitrogens with zero attached hydrogens (tertiary/aromatic N) is 4. The van der Waals surface area contributed by atoms with E-state index in [0.717, 1.165) is 44.1 Å². The molecule has 2 aromatic heterocycles. The zero-order valence-electron chi connectivity index (χ0n) is 13.3. The van der Waals surface area contributed by atoms with Crippen molar-refractivity contribution in [3.05, 3.63) is 53.2 Å². The fraction of sp³-hybridized carbons (Fsp3) is 0.333. The number of rotatable bonds is 3. The minimum Gasteiger partial charge on any atom is -0.353 e. The third kappa shape index (κ3) is 3.07. The summed E-state index contributed by atoms with van der Waals surface area (Å²) in [6, 6.07) is 12.9. The van der Waals surface area contributed by atoms with Crippen molar-refractivity contribution in [1.29, 1.82) is 0 Å². The van der Waals surface area contributed by atoms with Gasteiger partial charge in [-0.15, -0.1) is 11.3 Å². The molecule has 3 heterocycles. The largest absolute Gasteiger partial charge is 0.353 e. The summed E-state index contributed by atoms with van der Waals surface area (Å²) in [6.45, 7) is 7.36. The third-order valence-electron chi connectivity index (χ3n) is 4.34. The van der Waals surface area contributed by atoms with E-state index < -0.39 is 0 Å². The van der Waals surface area contributed by atoms with Crippen LogP contribution >= 0.6 is 11.3 Å². The van der Waals surface area contributed by atoms with Crippen LogP contribution in [0, 0.1) is 6.92 Å². The van der Waals surface area contributed by atoms with Crippen molar-refractivity contribution < 1.29 is 0 Å². The van der Waals surface area contributed by atoms with E-state index in [0.29, 0.717) is 0 Å². The minimum atomic E-state index is 1.02. The van der Waals surface area contributed by atoms with Gasteiger partial charge in [-0.25, -0.2) is 9.97 Å². The molecule has 0 N–H and O–H groups in total. The van der Waals surface area contributed by atoms with Gasteiger partial charge in [0.15, 0.2) is 0 Å². The van der Waals surface area contributed by atoms with Gasteiger partial charge in [0.25, 0.3) is 0 Å². The van der Waals surface area contributed by atoms with Crippen molar-refractivity contribution in [3.63, 3.8) is 0 Å². The molecule has 118 valence electrons. The SMILES string of the molecule is Cc1cc2ncnc(N3CCN(Cc4ccccc4)CC3)c2s1. The maximum atomic E-state index is 4.56. The molecule has 0 atom stereocenters. The van der Waals surface area contributed by atoms with Crippen molar-refractivity contribution in [2.75, 3.05) is 31.1 Å². The topological polar surface area (TPSA) is 32.3 Å². The smallest absolute Gasteiger partial charge is 0.150 e. The van der Waals surface area contributed by atoms with Gasteiger partial charge in [-0.3, -0.25) is 4.90 Å². The van der Waals surface area contributed by atoms with Crippen molar-refractivity contribution in [3.8, 4) is 0 Å². The van der Waals surface area contributed by atoms with Crippen molar-refractivity contribution in [2.45, 2.75) is 13.5 Å². The standard InChI is InChI=1S/C18H20N4S/c1-14-11-16-17(23-14)18(20-13-19-16)22-9-7-21(8-10-22)12-15-5-3-2-4-6-15/h2-6,11,13H,7-10,12H2,1H3. The van der Waals surface area contributed by atoms with Gasteiger partial charge in [0, 0.05) is 37.6 Å². The molecule has 4 nitrogen and oxygen atoms in total. The molecule has 0 bridgehead atoms. The Labute approximate surface area is 140 Å². The summed E-state index contributed by atoms with van der Waals surface area (Å²) in [7, 11) is 0. The van der Waals surface area contributed by atoms with E-state index in [1.165, 1.54) is 15.1 Å². The summed E-state index contributed by atoms with van der Waals surface area (Å²) in [4.78, 5) is 15.2. The van der Waals surface area contributed by atoms with Crippen LogP contribution in [0.2, 0.25) is 0 Å². The molecule has 0 spiro atoms. The molecule has 1 aliphatic rings. The van der Waals surface area contributed by atoms with Gasteiger partial charge in [-0.05, 0) is 18.6 Å². The molecule has 1 aromatic carbocycles. The van der Waals surface area contributed by atoms with Gasteiger partial charge in [0.2, 0.25) is 0 Å². The first-order chi connectivity index (χ1) is 11.3. The van der Waals surface area contributed by atoms with E-state index in [4.69, 9.17) is 0 Å². The van der Waals surface area contributed by atoms with E-state index in [9.17, 15) is 0 Å². The van der Waals surface area contributed by atoms with Crippen LogP contribution in [0.3, 0.4) is 0 Å². The molecule has 4 rings (SSSR count). The van der Waals surface area contributed by atoms with Crippen molar-refractivity contribution >= 4 is 27.4 Å². The Kier molecular flexibility index (Phi) is 3.97. The summed E-state index contributed by atoms with van der Waals surface area (Å²) >= 11 is 1.80. The third-order valence-corrected chi connectivity index (χ3v) is 5.37. The number of anilines is 1.